The van der Waals surface area contributed by atoms with Gasteiger partial charge in [0, 0.05) is 6.04 Å². The van der Waals surface area contributed by atoms with Crippen molar-refractivity contribution in [2.45, 2.75) is 31.5 Å². The van der Waals surface area contributed by atoms with Crippen LogP contribution in [0, 0.1) is 11.7 Å². The quantitative estimate of drug-likeness (QED) is 0.793. The fourth-order valence-corrected chi connectivity index (χ4v) is 2.04. The molecule has 1 aromatic rings. The molecule has 0 aliphatic heterocycles. The first-order valence-electron chi connectivity index (χ1n) is 5.52. The molecule has 0 amide bonds. The van der Waals surface area contributed by atoms with Gasteiger partial charge in [0.1, 0.15) is 5.82 Å². The Kier molecular flexibility index (Phi) is 3.12. The molecule has 0 bridgehead atoms. The van der Waals surface area contributed by atoms with E-state index in [4.69, 9.17) is 5.73 Å². The zero-order valence-electron chi connectivity index (χ0n) is 9.10. The van der Waals surface area contributed by atoms with Crippen LogP contribution in [0.1, 0.15) is 36.4 Å². The highest BCUT2D eigenvalue weighted by atomic mass is 19.4. The lowest BCUT2D eigenvalue weighted by Crippen LogP contribution is -2.27. The topological polar surface area (TPSA) is 26.0 Å². The van der Waals surface area contributed by atoms with Gasteiger partial charge in [-0.1, -0.05) is 12.5 Å². The van der Waals surface area contributed by atoms with Crippen LogP contribution in [0.3, 0.4) is 0 Å². The van der Waals surface area contributed by atoms with Gasteiger partial charge in [-0.15, -0.1) is 0 Å². The zero-order valence-corrected chi connectivity index (χ0v) is 9.10. The van der Waals surface area contributed by atoms with Gasteiger partial charge in [0.25, 0.3) is 0 Å². The molecule has 0 spiro atoms. The molecule has 0 heterocycles. The van der Waals surface area contributed by atoms with E-state index in [1.165, 1.54) is 6.07 Å². The van der Waals surface area contributed by atoms with Crippen molar-refractivity contribution in [3.63, 3.8) is 0 Å². The van der Waals surface area contributed by atoms with Gasteiger partial charge >= 0.3 is 6.18 Å². The van der Waals surface area contributed by atoms with Crippen molar-refractivity contribution in [2.75, 3.05) is 0 Å². The molecule has 2 rings (SSSR count). The highest BCUT2D eigenvalue weighted by Crippen LogP contribution is 2.38. The molecule has 1 aromatic carbocycles. The Labute approximate surface area is 96.6 Å². The van der Waals surface area contributed by atoms with Crippen LogP contribution in [0.25, 0.3) is 0 Å². The average molecular weight is 247 g/mol. The van der Waals surface area contributed by atoms with Crippen molar-refractivity contribution in [3.05, 3.63) is 35.1 Å². The maximum Gasteiger partial charge on any atom is 0.419 e. The van der Waals surface area contributed by atoms with Crippen molar-refractivity contribution >= 4 is 0 Å². The van der Waals surface area contributed by atoms with Crippen LogP contribution in [0.4, 0.5) is 17.6 Å². The summed E-state index contributed by atoms with van der Waals surface area (Å²) in [5, 5.41) is 0. The number of halogens is 4. The Morgan fingerprint density at radius 3 is 2.35 bits per heavy atom. The van der Waals surface area contributed by atoms with Gasteiger partial charge < -0.3 is 5.73 Å². The summed E-state index contributed by atoms with van der Waals surface area (Å²) in [5.41, 5.74) is 5.01. The van der Waals surface area contributed by atoms with E-state index in [1.54, 1.807) is 0 Å². The molecule has 1 fully saturated rings. The van der Waals surface area contributed by atoms with Crippen molar-refractivity contribution in [1.29, 1.82) is 0 Å². The average Bonchev–Trinajstić information content (AvgIpc) is 2.13. The second kappa shape index (κ2) is 4.29. The molecule has 0 aromatic heterocycles. The van der Waals surface area contributed by atoms with Gasteiger partial charge in [-0.3, -0.25) is 0 Å². The molecule has 1 atom stereocenters. The smallest absolute Gasteiger partial charge is 0.324 e. The van der Waals surface area contributed by atoms with Crippen molar-refractivity contribution < 1.29 is 17.6 Å². The third-order valence-corrected chi connectivity index (χ3v) is 3.34. The number of benzene rings is 1. The van der Waals surface area contributed by atoms with Gasteiger partial charge in [-0.2, -0.15) is 13.2 Å². The second-order valence-electron chi connectivity index (χ2n) is 4.45. The Morgan fingerprint density at radius 2 is 1.88 bits per heavy atom. The summed E-state index contributed by atoms with van der Waals surface area (Å²) in [6, 6.07) is 2.59. The van der Waals surface area contributed by atoms with Crippen molar-refractivity contribution in [2.24, 2.45) is 11.7 Å². The van der Waals surface area contributed by atoms with E-state index >= 15 is 0 Å². The van der Waals surface area contributed by atoms with E-state index in [0.717, 1.165) is 31.4 Å². The number of hydrogen-bond acceptors (Lipinski definition) is 1. The number of alkyl halides is 3. The number of nitrogens with two attached hydrogens (primary N) is 1. The summed E-state index contributed by atoms with van der Waals surface area (Å²) >= 11 is 0. The normalized spacial score (nSPS) is 18.9. The number of rotatable bonds is 2. The third-order valence-electron chi connectivity index (χ3n) is 3.34. The summed E-state index contributed by atoms with van der Waals surface area (Å²) < 4.78 is 50.6. The SMILES string of the molecule is N[C@H](c1ccc(F)c(C(F)(F)F)c1)C1CCC1. The van der Waals surface area contributed by atoms with Gasteiger partial charge in [-0.05, 0) is 36.5 Å². The summed E-state index contributed by atoms with van der Waals surface area (Å²) in [6.45, 7) is 0. The molecule has 0 unspecified atom stereocenters. The maximum atomic E-state index is 13.1. The molecule has 1 aliphatic carbocycles. The highest BCUT2D eigenvalue weighted by molar-refractivity contribution is 5.29. The Hall–Kier alpha value is -1.10. The molecule has 94 valence electrons. The summed E-state index contributed by atoms with van der Waals surface area (Å²) in [6.07, 6.45) is -1.75. The summed E-state index contributed by atoms with van der Waals surface area (Å²) in [4.78, 5) is 0. The van der Waals surface area contributed by atoms with Gasteiger partial charge in [-0.25, -0.2) is 4.39 Å². The molecule has 0 radical (unpaired) electrons. The molecular formula is C12H13F4N. The first-order valence-corrected chi connectivity index (χ1v) is 5.52. The van der Waals surface area contributed by atoms with Crippen LogP contribution in [0.2, 0.25) is 0 Å². The van der Waals surface area contributed by atoms with Crippen molar-refractivity contribution in [1.82, 2.24) is 0 Å². The molecule has 1 saturated carbocycles. The van der Waals surface area contributed by atoms with E-state index < -0.39 is 23.6 Å². The minimum Gasteiger partial charge on any atom is -0.324 e. The molecule has 0 saturated heterocycles. The van der Waals surface area contributed by atoms with Crippen molar-refractivity contribution in [3.8, 4) is 0 Å². The largest absolute Gasteiger partial charge is 0.419 e. The third kappa shape index (κ3) is 2.44. The molecule has 1 nitrogen and oxygen atoms in total. The van der Waals surface area contributed by atoms with Gasteiger partial charge in [0.05, 0.1) is 5.56 Å². The molecule has 5 heteroatoms. The van der Waals surface area contributed by atoms with Crippen LogP contribution in [0.15, 0.2) is 18.2 Å². The fraction of sp³-hybridized carbons (Fsp3) is 0.500. The lowest BCUT2D eigenvalue weighted by atomic mass is 9.77. The summed E-state index contributed by atoms with van der Waals surface area (Å²) in [5.74, 6) is -1.02. The Bertz CT molecular complexity index is 409. The Balaban J connectivity index is 2.30. The first kappa shape index (κ1) is 12.4. The number of hydrogen-bond donors (Lipinski definition) is 1. The predicted molar refractivity (Wildman–Crippen MR) is 55.7 cm³/mol. The highest BCUT2D eigenvalue weighted by Gasteiger charge is 2.35. The summed E-state index contributed by atoms with van der Waals surface area (Å²) in [7, 11) is 0. The first-order chi connectivity index (χ1) is 7.89. The van der Waals surface area contributed by atoms with E-state index in [9.17, 15) is 17.6 Å². The molecule has 2 N–H and O–H groups in total. The molecule has 1 aliphatic rings. The maximum absolute atomic E-state index is 13.1. The predicted octanol–water partition coefficient (Wildman–Crippen LogP) is 3.64. The van der Waals surface area contributed by atoms with Gasteiger partial charge in [0.2, 0.25) is 0 Å². The van der Waals surface area contributed by atoms with Crippen LogP contribution in [-0.4, -0.2) is 0 Å². The van der Waals surface area contributed by atoms with E-state index in [2.05, 4.69) is 0 Å². The lowest BCUT2D eigenvalue weighted by Gasteiger charge is -2.31. The minimum atomic E-state index is -4.67. The van der Waals surface area contributed by atoms with Crippen LogP contribution in [-0.2, 0) is 6.18 Å². The second-order valence-corrected chi connectivity index (χ2v) is 4.45. The zero-order chi connectivity index (χ0) is 12.6. The van der Waals surface area contributed by atoms with Crippen LogP contribution >= 0.6 is 0 Å². The monoisotopic (exact) mass is 247 g/mol. The minimum absolute atomic E-state index is 0.224. The van der Waals surface area contributed by atoms with Crippen LogP contribution < -0.4 is 5.73 Å². The van der Waals surface area contributed by atoms with E-state index in [1.807, 2.05) is 0 Å². The standard InChI is InChI=1S/C12H13F4N/c13-10-5-4-8(6-9(10)12(14,15)16)11(17)7-2-1-3-7/h4-7,11H,1-3,17H2/t11-/m0/s1. The fourth-order valence-electron chi connectivity index (χ4n) is 2.04. The lowest BCUT2D eigenvalue weighted by molar-refractivity contribution is -0.140. The van der Waals surface area contributed by atoms with E-state index in [0.29, 0.717) is 5.56 Å². The van der Waals surface area contributed by atoms with E-state index in [-0.39, 0.29) is 5.92 Å². The molecular weight excluding hydrogens is 234 g/mol. The van der Waals surface area contributed by atoms with Crippen LogP contribution in [0.5, 0.6) is 0 Å². The molecule has 17 heavy (non-hydrogen) atoms. The Morgan fingerprint density at radius 1 is 1.24 bits per heavy atom. The van der Waals surface area contributed by atoms with Gasteiger partial charge in [0.15, 0.2) is 0 Å².